The van der Waals surface area contributed by atoms with Crippen LogP contribution in [0, 0.1) is 5.82 Å². The second kappa shape index (κ2) is 3.76. The third kappa shape index (κ3) is 2.01. The lowest BCUT2D eigenvalue weighted by atomic mass is 9.98. The van der Waals surface area contributed by atoms with Crippen molar-refractivity contribution in [3.63, 3.8) is 0 Å². The van der Waals surface area contributed by atoms with E-state index in [2.05, 4.69) is 5.32 Å². The van der Waals surface area contributed by atoms with Crippen LogP contribution in [-0.2, 0) is 4.74 Å². The highest BCUT2D eigenvalue weighted by molar-refractivity contribution is 5.68. The summed E-state index contributed by atoms with van der Waals surface area (Å²) in [5, 5.41) is 2.51. The first kappa shape index (κ1) is 9.76. The van der Waals surface area contributed by atoms with Crippen molar-refractivity contribution in [2.45, 2.75) is 5.92 Å². The van der Waals surface area contributed by atoms with E-state index in [1.165, 1.54) is 12.1 Å². The molecule has 1 fully saturated rings. The Kier molecular flexibility index (Phi) is 2.45. The first-order valence-electron chi connectivity index (χ1n) is 4.62. The first-order chi connectivity index (χ1) is 7.16. The van der Waals surface area contributed by atoms with Crippen LogP contribution in [0.25, 0.3) is 0 Å². The van der Waals surface area contributed by atoms with Crippen molar-refractivity contribution in [3.05, 3.63) is 29.6 Å². The van der Waals surface area contributed by atoms with Gasteiger partial charge < -0.3 is 15.8 Å². The number of anilines is 1. The van der Waals surface area contributed by atoms with Crippen molar-refractivity contribution in [3.8, 4) is 0 Å². The minimum Gasteiger partial charge on any atom is -0.449 e. The minimum absolute atomic E-state index is 0.175. The van der Waals surface area contributed by atoms with Crippen LogP contribution in [-0.4, -0.2) is 19.2 Å². The molecule has 1 amide bonds. The predicted molar refractivity (Wildman–Crippen MR) is 52.9 cm³/mol. The number of nitrogens with two attached hydrogens (primary N) is 1. The summed E-state index contributed by atoms with van der Waals surface area (Å²) in [6.07, 6.45) is -0.462. The van der Waals surface area contributed by atoms with Gasteiger partial charge in [0.15, 0.2) is 0 Å². The Morgan fingerprint density at radius 2 is 2.33 bits per heavy atom. The highest BCUT2D eigenvalue weighted by Crippen LogP contribution is 2.23. The first-order valence-corrected chi connectivity index (χ1v) is 4.62. The van der Waals surface area contributed by atoms with E-state index in [9.17, 15) is 9.18 Å². The van der Waals surface area contributed by atoms with Crippen LogP contribution in [0.3, 0.4) is 0 Å². The Labute approximate surface area is 86.2 Å². The van der Waals surface area contributed by atoms with Crippen molar-refractivity contribution < 1.29 is 13.9 Å². The van der Waals surface area contributed by atoms with Gasteiger partial charge in [-0.3, -0.25) is 0 Å². The summed E-state index contributed by atoms with van der Waals surface area (Å²) in [7, 11) is 0. The third-order valence-electron chi connectivity index (χ3n) is 2.37. The number of amides is 1. The summed E-state index contributed by atoms with van der Waals surface area (Å²) >= 11 is 0. The molecule has 3 N–H and O–H groups in total. The number of cyclic esters (lactones) is 1. The van der Waals surface area contributed by atoms with Gasteiger partial charge in [-0.1, -0.05) is 0 Å². The zero-order valence-electron chi connectivity index (χ0n) is 8.00. The number of hydrogen-bond donors (Lipinski definition) is 2. The quantitative estimate of drug-likeness (QED) is 0.685. The Hall–Kier alpha value is -1.78. The fourth-order valence-corrected chi connectivity index (χ4v) is 1.57. The van der Waals surface area contributed by atoms with Crippen molar-refractivity contribution in [1.82, 2.24) is 5.32 Å². The molecule has 1 unspecified atom stereocenters. The molecule has 1 aliphatic rings. The van der Waals surface area contributed by atoms with Crippen LogP contribution in [0.15, 0.2) is 18.2 Å². The molecule has 4 nitrogen and oxygen atoms in total. The summed E-state index contributed by atoms with van der Waals surface area (Å²) in [4.78, 5) is 10.7. The fourth-order valence-electron chi connectivity index (χ4n) is 1.57. The van der Waals surface area contributed by atoms with Gasteiger partial charge in [-0.15, -0.1) is 0 Å². The lowest BCUT2D eigenvalue weighted by Crippen LogP contribution is -2.37. The number of benzene rings is 1. The molecule has 1 aromatic carbocycles. The molecule has 1 aromatic rings. The largest absolute Gasteiger partial charge is 0.449 e. The van der Waals surface area contributed by atoms with Gasteiger partial charge in [0.1, 0.15) is 12.4 Å². The van der Waals surface area contributed by atoms with E-state index in [-0.39, 0.29) is 18.3 Å². The molecule has 0 aliphatic carbocycles. The molecule has 0 aromatic heterocycles. The number of carbonyl (C=O) groups is 1. The van der Waals surface area contributed by atoms with Gasteiger partial charge in [-0.2, -0.15) is 0 Å². The molecule has 0 saturated carbocycles. The van der Waals surface area contributed by atoms with E-state index in [1.807, 2.05) is 0 Å². The number of halogens is 1. The van der Waals surface area contributed by atoms with Gasteiger partial charge in [0.05, 0.1) is 0 Å². The minimum atomic E-state index is -0.462. The Bertz CT molecular complexity index is 385. The number of hydrogen-bond acceptors (Lipinski definition) is 3. The molecule has 1 heterocycles. The van der Waals surface area contributed by atoms with Gasteiger partial charge in [0, 0.05) is 18.2 Å². The molecule has 0 radical (unpaired) electrons. The van der Waals surface area contributed by atoms with E-state index >= 15 is 0 Å². The Morgan fingerprint density at radius 1 is 1.53 bits per heavy atom. The van der Waals surface area contributed by atoms with Crippen molar-refractivity contribution >= 4 is 11.8 Å². The zero-order chi connectivity index (χ0) is 10.8. The zero-order valence-corrected chi connectivity index (χ0v) is 8.00. The Balaban J connectivity index is 2.21. The standard InChI is InChI=1S/C10H11FN2O2/c11-9-2-1-7(12)3-8(9)6-4-13-10(14)15-5-6/h1-3,6H,4-5,12H2,(H,13,14). The van der Waals surface area contributed by atoms with Crippen molar-refractivity contribution in [1.29, 1.82) is 0 Å². The molecule has 5 heteroatoms. The van der Waals surface area contributed by atoms with E-state index < -0.39 is 6.09 Å². The van der Waals surface area contributed by atoms with E-state index in [1.54, 1.807) is 6.07 Å². The summed E-state index contributed by atoms with van der Waals surface area (Å²) in [6, 6.07) is 4.39. The normalized spacial score (nSPS) is 20.6. The molecule has 2 rings (SSSR count). The van der Waals surface area contributed by atoms with Gasteiger partial charge in [0.2, 0.25) is 0 Å². The van der Waals surface area contributed by atoms with Crippen LogP contribution in [0.5, 0.6) is 0 Å². The SMILES string of the molecule is Nc1ccc(F)c(C2CNC(=O)OC2)c1. The average Bonchev–Trinajstić information content (AvgIpc) is 2.23. The van der Waals surface area contributed by atoms with Crippen LogP contribution < -0.4 is 11.1 Å². The maximum atomic E-state index is 13.4. The average molecular weight is 210 g/mol. The summed E-state index contributed by atoms with van der Waals surface area (Å²) in [5.41, 5.74) is 6.55. The van der Waals surface area contributed by atoms with Crippen LogP contribution in [0.2, 0.25) is 0 Å². The molecular formula is C10H11FN2O2. The number of nitrogen functional groups attached to an aromatic ring is 1. The van der Waals surface area contributed by atoms with Gasteiger partial charge in [-0.25, -0.2) is 9.18 Å². The van der Waals surface area contributed by atoms with Gasteiger partial charge in [0.25, 0.3) is 0 Å². The maximum absolute atomic E-state index is 13.4. The van der Waals surface area contributed by atoms with Gasteiger partial charge >= 0.3 is 6.09 Å². The van der Waals surface area contributed by atoms with Gasteiger partial charge in [-0.05, 0) is 23.8 Å². The highest BCUT2D eigenvalue weighted by atomic mass is 19.1. The monoisotopic (exact) mass is 210 g/mol. The fraction of sp³-hybridized carbons (Fsp3) is 0.300. The van der Waals surface area contributed by atoms with Crippen LogP contribution in [0.4, 0.5) is 14.9 Å². The lowest BCUT2D eigenvalue weighted by molar-refractivity contribution is 0.119. The number of ether oxygens (including phenoxy) is 1. The topological polar surface area (TPSA) is 64.3 Å². The predicted octanol–water partition coefficient (Wildman–Crippen LogP) is 1.23. The van der Waals surface area contributed by atoms with E-state index in [0.29, 0.717) is 17.8 Å². The summed E-state index contributed by atoms with van der Waals surface area (Å²) < 4.78 is 18.2. The highest BCUT2D eigenvalue weighted by Gasteiger charge is 2.23. The molecule has 1 atom stereocenters. The second-order valence-corrected chi connectivity index (χ2v) is 3.46. The summed E-state index contributed by atoms with van der Waals surface area (Å²) in [5.74, 6) is -0.500. The van der Waals surface area contributed by atoms with Crippen molar-refractivity contribution in [2.75, 3.05) is 18.9 Å². The molecule has 0 spiro atoms. The molecular weight excluding hydrogens is 199 g/mol. The van der Waals surface area contributed by atoms with E-state index in [4.69, 9.17) is 10.5 Å². The molecule has 0 bridgehead atoms. The lowest BCUT2D eigenvalue weighted by Gasteiger charge is -2.23. The number of alkyl carbamates (subject to hydrolysis) is 1. The van der Waals surface area contributed by atoms with Crippen LogP contribution in [0.1, 0.15) is 11.5 Å². The maximum Gasteiger partial charge on any atom is 0.407 e. The number of nitrogens with one attached hydrogen (secondary N) is 1. The van der Waals surface area contributed by atoms with E-state index in [0.717, 1.165) is 0 Å². The third-order valence-corrected chi connectivity index (χ3v) is 2.37. The molecule has 15 heavy (non-hydrogen) atoms. The number of rotatable bonds is 1. The van der Waals surface area contributed by atoms with Crippen LogP contribution >= 0.6 is 0 Å². The second-order valence-electron chi connectivity index (χ2n) is 3.46. The Morgan fingerprint density at radius 3 is 3.00 bits per heavy atom. The molecule has 1 aliphatic heterocycles. The summed E-state index contributed by atoms with van der Waals surface area (Å²) in [6.45, 7) is 0.561. The smallest absolute Gasteiger partial charge is 0.407 e. The van der Waals surface area contributed by atoms with Crippen molar-refractivity contribution in [2.24, 2.45) is 0 Å². The molecule has 1 saturated heterocycles. The molecule has 80 valence electrons. The number of carbonyl (C=O) groups excluding carboxylic acids is 1.